The number of aryl methyl sites for hydroxylation is 3. The van der Waals surface area contributed by atoms with Gasteiger partial charge in [0.15, 0.2) is 0 Å². The van der Waals surface area contributed by atoms with Crippen LogP contribution in [0.2, 0.25) is 0 Å². The van der Waals surface area contributed by atoms with E-state index in [2.05, 4.69) is 21.4 Å². The molecule has 9 nitrogen and oxygen atoms in total. The van der Waals surface area contributed by atoms with Crippen molar-refractivity contribution in [2.45, 2.75) is 45.0 Å². The lowest BCUT2D eigenvalue weighted by Gasteiger charge is -2.27. The molecule has 0 saturated heterocycles. The first-order valence-corrected chi connectivity index (χ1v) is 12.2. The quantitative estimate of drug-likeness (QED) is 0.648. The number of aromatic nitrogens is 3. The molecule has 0 radical (unpaired) electrons. The van der Waals surface area contributed by atoms with E-state index in [1.807, 2.05) is 36.7 Å². The third-order valence-electron chi connectivity index (χ3n) is 6.01. The number of hydrogen-bond donors (Lipinski definition) is 1. The smallest absolute Gasteiger partial charge is 0.410 e. The average Bonchev–Trinajstić information content (AvgIpc) is 3.35. The lowest BCUT2D eigenvalue weighted by molar-refractivity contribution is -0.121. The summed E-state index contributed by atoms with van der Waals surface area (Å²) in [6, 6.07) is 6.14. The molecular formula is C24H28N6O3S. The molecule has 4 heterocycles. The van der Waals surface area contributed by atoms with Crippen LogP contribution in [0.15, 0.2) is 41.2 Å². The minimum atomic E-state index is -0.382. The Hall–Kier alpha value is -3.32. The monoisotopic (exact) mass is 480 g/mol. The van der Waals surface area contributed by atoms with Gasteiger partial charge in [-0.15, -0.1) is 11.8 Å². The third-order valence-corrected chi connectivity index (χ3v) is 7.33. The number of hydrogen-bond acceptors (Lipinski definition) is 7. The van der Waals surface area contributed by atoms with Gasteiger partial charge < -0.3 is 19.5 Å². The summed E-state index contributed by atoms with van der Waals surface area (Å²) in [5.41, 5.74) is 2.96. The van der Waals surface area contributed by atoms with Gasteiger partial charge in [-0.25, -0.2) is 9.78 Å². The molecule has 1 N–H and O–H groups in total. The van der Waals surface area contributed by atoms with Crippen LogP contribution < -0.4 is 5.32 Å². The summed E-state index contributed by atoms with van der Waals surface area (Å²) in [6.45, 7) is 5.58. The summed E-state index contributed by atoms with van der Waals surface area (Å²) in [4.78, 5) is 36.2. The first kappa shape index (κ1) is 23.8. The van der Waals surface area contributed by atoms with Crippen LogP contribution >= 0.6 is 11.8 Å². The highest BCUT2D eigenvalue weighted by atomic mass is 32.2. The zero-order valence-corrected chi connectivity index (χ0v) is 20.2. The van der Waals surface area contributed by atoms with E-state index in [-0.39, 0.29) is 29.9 Å². The van der Waals surface area contributed by atoms with Crippen LogP contribution in [-0.4, -0.2) is 56.5 Å². The van der Waals surface area contributed by atoms with Gasteiger partial charge in [0.25, 0.3) is 0 Å². The number of nitrogens with zero attached hydrogens (tertiary/aromatic N) is 5. The van der Waals surface area contributed by atoms with Crippen molar-refractivity contribution >= 4 is 23.8 Å². The fourth-order valence-corrected chi connectivity index (χ4v) is 5.73. The number of carbonyl (C=O) groups excluding carboxylic acids is 2. The molecule has 4 rings (SSSR count). The van der Waals surface area contributed by atoms with E-state index in [0.29, 0.717) is 38.9 Å². The zero-order chi connectivity index (χ0) is 24.1. The Morgan fingerprint density at radius 1 is 1.38 bits per heavy atom. The van der Waals surface area contributed by atoms with Crippen molar-refractivity contribution in [1.29, 1.82) is 5.26 Å². The van der Waals surface area contributed by atoms with Crippen LogP contribution in [0.5, 0.6) is 0 Å². The summed E-state index contributed by atoms with van der Waals surface area (Å²) in [5, 5.41) is 12.4. The number of nitriles is 1. The number of imidazole rings is 1. The van der Waals surface area contributed by atoms with Crippen molar-refractivity contribution in [3.05, 3.63) is 58.3 Å². The van der Waals surface area contributed by atoms with Crippen molar-refractivity contribution in [3.63, 3.8) is 0 Å². The number of amides is 2. The SMILES string of the molecule is Cc1cn(CCOC(=O)N2CCC3=C(C2)SC(NC(=O)CCc2cccnc2)C3C#N)c(C)n1. The molecular weight excluding hydrogens is 452 g/mol. The molecule has 2 amide bonds. The molecule has 2 aliphatic heterocycles. The van der Waals surface area contributed by atoms with Crippen LogP contribution in [0.1, 0.15) is 29.9 Å². The van der Waals surface area contributed by atoms with Crippen molar-refractivity contribution < 1.29 is 14.3 Å². The van der Waals surface area contributed by atoms with Gasteiger partial charge in [-0.3, -0.25) is 9.78 Å². The number of rotatable bonds is 7. The lowest BCUT2D eigenvalue weighted by Crippen LogP contribution is -2.38. The molecule has 0 bridgehead atoms. The Labute approximate surface area is 203 Å². The maximum atomic E-state index is 12.6. The molecule has 2 aliphatic rings. The van der Waals surface area contributed by atoms with E-state index in [4.69, 9.17) is 4.74 Å². The van der Waals surface area contributed by atoms with Gasteiger partial charge in [-0.1, -0.05) is 6.07 Å². The molecule has 0 aliphatic carbocycles. The largest absolute Gasteiger partial charge is 0.448 e. The van der Waals surface area contributed by atoms with Gasteiger partial charge in [-0.05, 0) is 43.9 Å². The van der Waals surface area contributed by atoms with E-state index in [1.54, 1.807) is 17.3 Å². The highest BCUT2D eigenvalue weighted by Crippen LogP contribution is 2.44. The standard InChI is InChI=1S/C24H28N6O3S/c1-16-14-29(17(2)27-16)10-11-33-24(32)30-9-7-19-20(12-25)23(34-21(19)15-30)28-22(31)6-5-18-4-3-8-26-13-18/h3-4,8,13-14,20,23H,5-7,9-11,15H2,1-2H3,(H,28,31). The van der Waals surface area contributed by atoms with Gasteiger partial charge in [0.2, 0.25) is 5.91 Å². The summed E-state index contributed by atoms with van der Waals surface area (Å²) in [7, 11) is 0. The zero-order valence-electron chi connectivity index (χ0n) is 19.4. The highest BCUT2D eigenvalue weighted by Gasteiger charge is 2.40. The topological polar surface area (TPSA) is 113 Å². The maximum absolute atomic E-state index is 12.6. The Bertz CT molecular complexity index is 1120. The minimum absolute atomic E-state index is 0.0947. The molecule has 178 valence electrons. The van der Waals surface area contributed by atoms with Crippen LogP contribution in [0.4, 0.5) is 4.79 Å². The fourth-order valence-electron chi connectivity index (χ4n) is 4.26. The molecule has 2 aromatic rings. The van der Waals surface area contributed by atoms with Crippen LogP contribution in [0, 0.1) is 31.1 Å². The molecule has 0 aromatic carbocycles. The molecule has 2 atom stereocenters. The van der Waals surface area contributed by atoms with E-state index >= 15 is 0 Å². The first-order chi connectivity index (χ1) is 16.4. The number of pyridine rings is 1. The molecule has 2 unspecified atom stereocenters. The third kappa shape index (κ3) is 5.59. The normalized spacial score (nSPS) is 19.5. The van der Waals surface area contributed by atoms with Crippen LogP contribution in [-0.2, 0) is 22.5 Å². The molecule has 2 aromatic heterocycles. The molecule has 0 saturated carbocycles. The molecule has 34 heavy (non-hydrogen) atoms. The summed E-state index contributed by atoms with van der Waals surface area (Å²) in [6.07, 6.45) is 6.56. The van der Waals surface area contributed by atoms with Gasteiger partial charge in [0.05, 0.1) is 36.1 Å². The fraction of sp³-hybridized carbons (Fsp3) is 0.458. The molecule has 0 spiro atoms. The number of nitrogens with one attached hydrogen (secondary N) is 1. The summed E-state index contributed by atoms with van der Waals surface area (Å²) in [5.74, 6) is 0.412. The van der Waals surface area contributed by atoms with E-state index in [9.17, 15) is 14.9 Å². The lowest BCUT2D eigenvalue weighted by atomic mass is 9.94. The predicted octanol–water partition coefficient (Wildman–Crippen LogP) is 2.95. The van der Waals surface area contributed by atoms with Gasteiger partial charge in [0.1, 0.15) is 12.4 Å². The van der Waals surface area contributed by atoms with Crippen molar-refractivity contribution in [2.24, 2.45) is 5.92 Å². The van der Waals surface area contributed by atoms with Crippen molar-refractivity contribution in [3.8, 4) is 6.07 Å². The van der Waals surface area contributed by atoms with Gasteiger partial charge >= 0.3 is 6.09 Å². The second-order valence-electron chi connectivity index (χ2n) is 8.43. The Balaban J connectivity index is 1.27. The maximum Gasteiger partial charge on any atom is 0.410 e. The summed E-state index contributed by atoms with van der Waals surface area (Å²) >= 11 is 1.47. The molecule has 10 heteroatoms. The van der Waals surface area contributed by atoms with Crippen LogP contribution in [0.25, 0.3) is 0 Å². The van der Waals surface area contributed by atoms with Crippen molar-refractivity contribution in [1.82, 2.24) is 24.8 Å². The Morgan fingerprint density at radius 3 is 2.94 bits per heavy atom. The van der Waals surface area contributed by atoms with Crippen molar-refractivity contribution in [2.75, 3.05) is 19.7 Å². The number of thioether (sulfide) groups is 1. The van der Waals surface area contributed by atoms with Crippen LogP contribution in [0.3, 0.4) is 0 Å². The van der Waals surface area contributed by atoms with E-state index in [1.165, 1.54) is 11.8 Å². The Kier molecular flexibility index (Phi) is 7.53. The average molecular weight is 481 g/mol. The van der Waals surface area contributed by atoms with E-state index < -0.39 is 0 Å². The second kappa shape index (κ2) is 10.7. The molecule has 0 fully saturated rings. The summed E-state index contributed by atoms with van der Waals surface area (Å²) < 4.78 is 7.45. The number of ether oxygens (including phenoxy) is 1. The number of carbonyl (C=O) groups is 2. The minimum Gasteiger partial charge on any atom is -0.448 e. The second-order valence-corrected chi connectivity index (χ2v) is 9.67. The Morgan fingerprint density at radius 2 is 2.24 bits per heavy atom. The van der Waals surface area contributed by atoms with Gasteiger partial charge in [-0.2, -0.15) is 5.26 Å². The van der Waals surface area contributed by atoms with Gasteiger partial charge in [0, 0.05) is 36.5 Å². The van der Waals surface area contributed by atoms with E-state index in [0.717, 1.165) is 27.6 Å². The highest BCUT2D eigenvalue weighted by molar-refractivity contribution is 8.04. The predicted molar refractivity (Wildman–Crippen MR) is 127 cm³/mol. The first-order valence-electron chi connectivity index (χ1n) is 11.3.